The maximum atomic E-state index is 12.6. The van der Waals surface area contributed by atoms with Crippen LogP contribution in [0.2, 0.25) is 0 Å². The van der Waals surface area contributed by atoms with Gasteiger partial charge in [0, 0.05) is 11.1 Å². The van der Waals surface area contributed by atoms with Crippen molar-refractivity contribution in [3.05, 3.63) is 70.8 Å². The summed E-state index contributed by atoms with van der Waals surface area (Å²) in [5.74, 6) is -0.111. The number of carbonyl (C=O) groups excluding carboxylic acids is 1. The molecule has 1 saturated heterocycles. The summed E-state index contributed by atoms with van der Waals surface area (Å²) in [7, 11) is 0. The summed E-state index contributed by atoms with van der Waals surface area (Å²) in [6.45, 7) is 1.19. The van der Waals surface area contributed by atoms with Gasteiger partial charge < -0.3 is 14.8 Å². The zero-order valence-electron chi connectivity index (χ0n) is 13.7. The van der Waals surface area contributed by atoms with E-state index in [1.54, 1.807) is 18.2 Å². The van der Waals surface area contributed by atoms with Crippen molar-refractivity contribution in [3.8, 4) is 6.07 Å². The first-order valence-electron chi connectivity index (χ1n) is 8.37. The standard InChI is InChI=1S/C20H18N2O3/c21-13-14-2-1-3-17(12-14)20(8-9-20)22-18(23)15-4-6-16(7-5-15)19-24-10-11-25-19/h1-7,12,19H,8-11H2,(H,22,23). The van der Waals surface area contributed by atoms with E-state index in [1.807, 2.05) is 30.3 Å². The van der Waals surface area contributed by atoms with Crippen LogP contribution in [-0.2, 0) is 15.0 Å². The van der Waals surface area contributed by atoms with Gasteiger partial charge in [-0.05, 0) is 42.7 Å². The molecular weight excluding hydrogens is 316 g/mol. The molecule has 2 aromatic carbocycles. The van der Waals surface area contributed by atoms with E-state index in [4.69, 9.17) is 14.7 Å². The topological polar surface area (TPSA) is 71.4 Å². The van der Waals surface area contributed by atoms with Gasteiger partial charge in [-0.3, -0.25) is 4.79 Å². The fourth-order valence-electron chi connectivity index (χ4n) is 3.13. The van der Waals surface area contributed by atoms with E-state index < -0.39 is 0 Å². The number of hydrogen-bond acceptors (Lipinski definition) is 4. The lowest BCUT2D eigenvalue weighted by molar-refractivity contribution is -0.0441. The van der Waals surface area contributed by atoms with E-state index >= 15 is 0 Å². The summed E-state index contributed by atoms with van der Waals surface area (Å²) in [6.07, 6.45) is 1.44. The molecule has 5 nitrogen and oxygen atoms in total. The van der Waals surface area contributed by atoms with E-state index in [-0.39, 0.29) is 17.7 Å². The maximum Gasteiger partial charge on any atom is 0.251 e. The number of carbonyl (C=O) groups is 1. The molecule has 25 heavy (non-hydrogen) atoms. The van der Waals surface area contributed by atoms with Crippen molar-refractivity contribution in [2.75, 3.05) is 13.2 Å². The van der Waals surface area contributed by atoms with Gasteiger partial charge in [0.1, 0.15) is 0 Å². The van der Waals surface area contributed by atoms with Crippen molar-refractivity contribution in [1.82, 2.24) is 5.32 Å². The lowest BCUT2D eigenvalue weighted by atomic mass is 10.0. The lowest BCUT2D eigenvalue weighted by Crippen LogP contribution is -2.34. The van der Waals surface area contributed by atoms with Gasteiger partial charge in [-0.15, -0.1) is 0 Å². The molecule has 1 N–H and O–H groups in total. The van der Waals surface area contributed by atoms with Crippen molar-refractivity contribution in [3.63, 3.8) is 0 Å². The second-order valence-electron chi connectivity index (χ2n) is 6.42. The van der Waals surface area contributed by atoms with Crippen molar-refractivity contribution < 1.29 is 14.3 Å². The predicted octanol–water partition coefficient (Wildman–Crippen LogP) is 3.02. The molecule has 0 bridgehead atoms. The third kappa shape index (κ3) is 3.14. The predicted molar refractivity (Wildman–Crippen MR) is 90.6 cm³/mol. The largest absolute Gasteiger partial charge is 0.346 e. The second-order valence-corrected chi connectivity index (χ2v) is 6.42. The summed E-state index contributed by atoms with van der Waals surface area (Å²) < 4.78 is 10.9. The van der Waals surface area contributed by atoms with E-state index in [2.05, 4.69) is 11.4 Å². The Morgan fingerprint density at radius 1 is 1.12 bits per heavy atom. The molecule has 1 aliphatic carbocycles. The van der Waals surface area contributed by atoms with Crippen LogP contribution in [0.1, 0.15) is 46.2 Å². The molecule has 1 saturated carbocycles. The minimum Gasteiger partial charge on any atom is -0.346 e. The van der Waals surface area contributed by atoms with Crippen LogP contribution in [0, 0.1) is 11.3 Å². The molecule has 1 aliphatic heterocycles. The quantitative estimate of drug-likeness (QED) is 0.933. The number of nitrogens with one attached hydrogen (secondary N) is 1. The van der Waals surface area contributed by atoms with E-state index in [0.717, 1.165) is 24.0 Å². The minimum atomic E-state index is -0.347. The molecule has 5 heteroatoms. The summed E-state index contributed by atoms with van der Waals surface area (Å²) in [5, 5.41) is 12.2. The molecule has 0 aromatic heterocycles. The molecule has 4 rings (SSSR count). The molecule has 0 atom stereocenters. The monoisotopic (exact) mass is 334 g/mol. The van der Waals surface area contributed by atoms with Crippen LogP contribution in [0.4, 0.5) is 0 Å². The van der Waals surface area contributed by atoms with E-state index in [0.29, 0.717) is 24.3 Å². The molecule has 126 valence electrons. The van der Waals surface area contributed by atoms with Crippen LogP contribution >= 0.6 is 0 Å². The Hall–Kier alpha value is -2.68. The number of ether oxygens (including phenoxy) is 2. The highest BCUT2D eigenvalue weighted by molar-refractivity contribution is 5.95. The van der Waals surface area contributed by atoms with Gasteiger partial charge in [-0.2, -0.15) is 5.26 Å². The van der Waals surface area contributed by atoms with Crippen LogP contribution in [0.3, 0.4) is 0 Å². The molecule has 0 spiro atoms. The van der Waals surface area contributed by atoms with Crippen LogP contribution in [0.25, 0.3) is 0 Å². The normalized spacial score (nSPS) is 18.5. The van der Waals surface area contributed by atoms with Crippen molar-refractivity contribution >= 4 is 5.91 Å². The van der Waals surface area contributed by atoms with E-state index in [1.165, 1.54) is 0 Å². The fourth-order valence-corrected chi connectivity index (χ4v) is 3.13. The lowest BCUT2D eigenvalue weighted by Gasteiger charge is -2.18. The van der Waals surface area contributed by atoms with Gasteiger partial charge in [0.2, 0.25) is 0 Å². The number of amides is 1. The maximum absolute atomic E-state index is 12.6. The van der Waals surface area contributed by atoms with Crippen LogP contribution in [-0.4, -0.2) is 19.1 Å². The fraction of sp³-hybridized carbons (Fsp3) is 0.300. The zero-order valence-corrected chi connectivity index (χ0v) is 13.7. The molecule has 1 amide bonds. The number of nitriles is 1. The Bertz CT molecular complexity index is 829. The Labute approximate surface area is 146 Å². The van der Waals surface area contributed by atoms with Gasteiger partial charge in [0.15, 0.2) is 6.29 Å². The number of rotatable bonds is 4. The van der Waals surface area contributed by atoms with Gasteiger partial charge >= 0.3 is 0 Å². The highest BCUT2D eigenvalue weighted by Crippen LogP contribution is 2.45. The summed E-state index contributed by atoms with van der Waals surface area (Å²) >= 11 is 0. The van der Waals surface area contributed by atoms with Crippen molar-refractivity contribution in [2.45, 2.75) is 24.7 Å². The number of nitrogens with zero attached hydrogens (tertiary/aromatic N) is 1. The molecule has 1 heterocycles. The van der Waals surface area contributed by atoms with Crippen molar-refractivity contribution in [2.24, 2.45) is 0 Å². The first kappa shape index (κ1) is 15.8. The molecule has 0 radical (unpaired) electrons. The summed E-state index contributed by atoms with van der Waals surface area (Å²) in [4.78, 5) is 12.6. The summed E-state index contributed by atoms with van der Waals surface area (Å²) in [6, 6.07) is 16.9. The van der Waals surface area contributed by atoms with Crippen LogP contribution < -0.4 is 5.32 Å². The molecule has 2 fully saturated rings. The first-order valence-corrected chi connectivity index (χ1v) is 8.37. The smallest absolute Gasteiger partial charge is 0.251 e. The van der Waals surface area contributed by atoms with Gasteiger partial charge in [0.05, 0.1) is 30.4 Å². The zero-order chi connectivity index (χ0) is 17.3. The van der Waals surface area contributed by atoms with Crippen molar-refractivity contribution in [1.29, 1.82) is 5.26 Å². The number of hydrogen-bond donors (Lipinski definition) is 1. The molecule has 0 unspecified atom stereocenters. The highest BCUT2D eigenvalue weighted by Gasteiger charge is 2.45. The first-order chi connectivity index (χ1) is 12.2. The summed E-state index contributed by atoms with van der Waals surface area (Å²) in [5.41, 5.74) is 2.77. The minimum absolute atomic E-state index is 0.111. The Kier molecular flexibility index (Phi) is 4.00. The highest BCUT2D eigenvalue weighted by atomic mass is 16.7. The Morgan fingerprint density at radius 2 is 1.84 bits per heavy atom. The van der Waals surface area contributed by atoms with Crippen LogP contribution in [0.5, 0.6) is 0 Å². The van der Waals surface area contributed by atoms with Gasteiger partial charge in [-0.1, -0.05) is 24.3 Å². The van der Waals surface area contributed by atoms with Gasteiger partial charge in [0.25, 0.3) is 5.91 Å². The Balaban J connectivity index is 1.49. The second kappa shape index (κ2) is 6.32. The average molecular weight is 334 g/mol. The molecule has 2 aromatic rings. The SMILES string of the molecule is N#Cc1cccc(C2(NC(=O)c3ccc(C4OCCO4)cc3)CC2)c1. The molecular formula is C20H18N2O3. The molecule has 2 aliphatic rings. The van der Waals surface area contributed by atoms with E-state index in [9.17, 15) is 4.79 Å². The number of benzene rings is 2. The van der Waals surface area contributed by atoms with Gasteiger partial charge in [-0.25, -0.2) is 0 Å². The average Bonchev–Trinajstić information content (AvgIpc) is 3.23. The third-order valence-electron chi connectivity index (χ3n) is 4.71. The van der Waals surface area contributed by atoms with Crippen LogP contribution in [0.15, 0.2) is 48.5 Å². The Morgan fingerprint density at radius 3 is 2.48 bits per heavy atom. The third-order valence-corrected chi connectivity index (χ3v) is 4.71.